The minimum Gasteiger partial charge on any atom is -0.364 e. The first-order valence-electron chi connectivity index (χ1n) is 8.65. The standard InChI is InChI=1S/C20H23N3O3S/c1-6-15(24)21-13-9-7-8-12(10-13)17(25)23-18-22-14-11-19(2,3)26-20(4,5)16(14)27-18/h6-10H,1,11H2,2-5H3,(H,21,24)(H,22,23,25). The second-order valence-electron chi connectivity index (χ2n) is 7.57. The van der Waals surface area contributed by atoms with Crippen LogP contribution < -0.4 is 10.6 Å². The summed E-state index contributed by atoms with van der Waals surface area (Å²) in [5.74, 6) is -0.612. The van der Waals surface area contributed by atoms with Gasteiger partial charge in [-0.1, -0.05) is 24.0 Å². The van der Waals surface area contributed by atoms with Crippen molar-refractivity contribution in [3.05, 3.63) is 53.1 Å². The van der Waals surface area contributed by atoms with Gasteiger partial charge in [-0.05, 0) is 52.0 Å². The van der Waals surface area contributed by atoms with Crippen molar-refractivity contribution >= 4 is 34.0 Å². The number of benzene rings is 1. The summed E-state index contributed by atoms with van der Waals surface area (Å²) in [5, 5.41) is 6.04. The molecule has 0 aliphatic carbocycles. The van der Waals surface area contributed by atoms with Crippen LogP contribution in [0.4, 0.5) is 10.8 Å². The van der Waals surface area contributed by atoms with Gasteiger partial charge in [-0.2, -0.15) is 0 Å². The molecule has 7 heteroatoms. The van der Waals surface area contributed by atoms with Crippen LogP contribution in [-0.4, -0.2) is 22.4 Å². The maximum atomic E-state index is 12.6. The topological polar surface area (TPSA) is 80.3 Å². The van der Waals surface area contributed by atoms with Crippen molar-refractivity contribution in [2.45, 2.75) is 45.3 Å². The zero-order valence-corrected chi connectivity index (χ0v) is 16.7. The molecule has 3 rings (SSSR count). The average molecular weight is 385 g/mol. The fraction of sp³-hybridized carbons (Fsp3) is 0.350. The predicted molar refractivity (Wildman–Crippen MR) is 107 cm³/mol. The zero-order chi connectivity index (χ0) is 19.8. The SMILES string of the molecule is C=CC(=O)Nc1cccc(C(=O)Nc2nc3c(s2)C(C)(C)OC(C)(C)C3)c1. The Bertz CT molecular complexity index is 915. The molecule has 0 unspecified atom stereocenters. The van der Waals surface area contributed by atoms with Crippen LogP contribution in [0.3, 0.4) is 0 Å². The number of hydrogen-bond acceptors (Lipinski definition) is 5. The van der Waals surface area contributed by atoms with Gasteiger partial charge in [0.25, 0.3) is 5.91 Å². The maximum absolute atomic E-state index is 12.6. The molecule has 2 amide bonds. The highest BCUT2D eigenvalue weighted by molar-refractivity contribution is 7.16. The van der Waals surface area contributed by atoms with Crippen LogP contribution in [0.1, 0.15) is 48.6 Å². The van der Waals surface area contributed by atoms with Gasteiger partial charge in [-0.15, -0.1) is 0 Å². The lowest BCUT2D eigenvalue weighted by atomic mass is 9.91. The van der Waals surface area contributed by atoms with Gasteiger partial charge in [0.1, 0.15) is 0 Å². The molecule has 0 atom stereocenters. The van der Waals surface area contributed by atoms with Crippen LogP contribution in [0, 0.1) is 0 Å². The Kier molecular flexibility index (Phi) is 4.92. The lowest BCUT2D eigenvalue weighted by Gasteiger charge is -2.40. The minimum atomic E-state index is -0.452. The smallest absolute Gasteiger partial charge is 0.257 e. The van der Waals surface area contributed by atoms with Crippen LogP contribution in [0.15, 0.2) is 36.9 Å². The van der Waals surface area contributed by atoms with E-state index < -0.39 is 5.60 Å². The first kappa shape index (κ1) is 19.3. The molecule has 0 saturated heterocycles. The van der Waals surface area contributed by atoms with Gasteiger partial charge in [-0.25, -0.2) is 4.98 Å². The summed E-state index contributed by atoms with van der Waals surface area (Å²) in [6.45, 7) is 11.5. The minimum absolute atomic E-state index is 0.284. The normalized spacial score (nSPS) is 16.9. The monoisotopic (exact) mass is 385 g/mol. The Hall–Kier alpha value is -2.51. The molecular weight excluding hydrogens is 362 g/mol. The molecule has 0 spiro atoms. The molecule has 2 aromatic rings. The van der Waals surface area contributed by atoms with Gasteiger partial charge in [0.2, 0.25) is 5.91 Å². The quantitative estimate of drug-likeness (QED) is 0.776. The van der Waals surface area contributed by atoms with E-state index >= 15 is 0 Å². The molecule has 0 saturated carbocycles. The number of rotatable bonds is 4. The van der Waals surface area contributed by atoms with Crippen LogP contribution in [0.25, 0.3) is 0 Å². The van der Waals surface area contributed by atoms with Gasteiger partial charge >= 0.3 is 0 Å². The molecule has 2 heterocycles. The average Bonchev–Trinajstić information content (AvgIpc) is 2.96. The van der Waals surface area contributed by atoms with Gasteiger partial charge in [0.15, 0.2) is 5.13 Å². The number of nitrogens with zero attached hydrogens (tertiary/aromatic N) is 1. The van der Waals surface area contributed by atoms with E-state index in [0.29, 0.717) is 22.8 Å². The summed E-state index contributed by atoms with van der Waals surface area (Å²) in [6, 6.07) is 6.71. The summed E-state index contributed by atoms with van der Waals surface area (Å²) < 4.78 is 6.16. The number of aromatic nitrogens is 1. The Morgan fingerprint density at radius 3 is 2.70 bits per heavy atom. The van der Waals surface area contributed by atoms with E-state index in [1.807, 2.05) is 27.7 Å². The number of hydrogen-bond donors (Lipinski definition) is 2. The van der Waals surface area contributed by atoms with E-state index in [9.17, 15) is 9.59 Å². The van der Waals surface area contributed by atoms with Crippen molar-refractivity contribution < 1.29 is 14.3 Å². The van der Waals surface area contributed by atoms with E-state index in [1.54, 1.807) is 24.3 Å². The number of carbonyl (C=O) groups excluding carboxylic acids is 2. The molecule has 1 aromatic carbocycles. The molecule has 0 radical (unpaired) electrons. The fourth-order valence-corrected chi connectivity index (χ4v) is 4.29. The van der Waals surface area contributed by atoms with Gasteiger partial charge in [0.05, 0.1) is 21.8 Å². The third-order valence-corrected chi connectivity index (χ3v) is 5.48. The lowest BCUT2D eigenvalue weighted by Crippen LogP contribution is -2.41. The Morgan fingerprint density at radius 2 is 2.00 bits per heavy atom. The number of carbonyl (C=O) groups is 2. The maximum Gasteiger partial charge on any atom is 0.257 e. The van der Waals surface area contributed by atoms with E-state index in [2.05, 4.69) is 22.2 Å². The Labute approximate surface area is 162 Å². The molecule has 0 bridgehead atoms. The van der Waals surface area contributed by atoms with Gasteiger partial charge in [-0.3, -0.25) is 14.9 Å². The van der Waals surface area contributed by atoms with E-state index in [4.69, 9.17) is 4.74 Å². The Morgan fingerprint density at radius 1 is 1.26 bits per heavy atom. The summed E-state index contributed by atoms with van der Waals surface area (Å²) in [5.41, 5.74) is 1.17. The zero-order valence-electron chi connectivity index (χ0n) is 15.9. The lowest BCUT2D eigenvalue weighted by molar-refractivity contribution is -0.136. The molecule has 1 aliphatic heterocycles. The molecule has 2 N–H and O–H groups in total. The molecule has 1 aromatic heterocycles. The molecule has 0 fully saturated rings. The number of anilines is 2. The first-order chi connectivity index (χ1) is 12.6. The van der Waals surface area contributed by atoms with Crippen molar-refractivity contribution in [3.63, 3.8) is 0 Å². The van der Waals surface area contributed by atoms with E-state index in [1.165, 1.54) is 17.4 Å². The summed E-state index contributed by atoms with van der Waals surface area (Å²) >= 11 is 1.43. The summed E-state index contributed by atoms with van der Waals surface area (Å²) in [4.78, 5) is 29.7. The molecule has 27 heavy (non-hydrogen) atoms. The highest BCUT2D eigenvalue weighted by atomic mass is 32.1. The number of thiazole rings is 1. The highest BCUT2D eigenvalue weighted by Gasteiger charge is 2.41. The number of nitrogens with one attached hydrogen (secondary N) is 2. The summed E-state index contributed by atoms with van der Waals surface area (Å²) in [7, 11) is 0. The molecule has 142 valence electrons. The predicted octanol–water partition coefficient (Wildman–Crippen LogP) is 4.11. The van der Waals surface area contributed by atoms with Crippen LogP contribution in [0.5, 0.6) is 0 Å². The van der Waals surface area contributed by atoms with E-state index in [0.717, 1.165) is 10.6 Å². The Balaban J connectivity index is 1.80. The number of amides is 2. The first-order valence-corrected chi connectivity index (χ1v) is 9.46. The molecular formula is C20H23N3O3S. The van der Waals surface area contributed by atoms with Crippen LogP contribution in [0.2, 0.25) is 0 Å². The number of fused-ring (bicyclic) bond motifs is 1. The summed E-state index contributed by atoms with van der Waals surface area (Å²) in [6.07, 6.45) is 1.87. The second kappa shape index (κ2) is 6.90. The molecule has 6 nitrogen and oxygen atoms in total. The van der Waals surface area contributed by atoms with Gasteiger partial charge in [0, 0.05) is 17.7 Å². The van der Waals surface area contributed by atoms with Crippen molar-refractivity contribution in [3.8, 4) is 0 Å². The highest BCUT2D eigenvalue weighted by Crippen LogP contribution is 2.43. The van der Waals surface area contributed by atoms with E-state index in [-0.39, 0.29) is 17.4 Å². The van der Waals surface area contributed by atoms with Crippen molar-refractivity contribution in [2.75, 3.05) is 10.6 Å². The van der Waals surface area contributed by atoms with Crippen LogP contribution >= 0.6 is 11.3 Å². The largest absolute Gasteiger partial charge is 0.364 e. The van der Waals surface area contributed by atoms with Crippen molar-refractivity contribution in [1.82, 2.24) is 4.98 Å². The number of ether oxygens (including phenoxy) is 1. The van der Waals surface area contributed by atoms with Crippen LogP contribution in [-0.2, 0) is 21.6 Å². The van der Waals surface area contributed by atoms with Crippen molar-refractivity contribution in [2.24, 2.45) is 0 Å². The fourth-order valence-electron chi connectivity index (χ4n) is 3.27. The van der Waals surface area contributed by atoms with Gasteiger partial charge < -0.3 is 10.1 Å². The van der Waals surface area contributed by atoms with Crippen molar-refractivity contribution in [1.29, 1.82) is 0 Å². The molecule has 1 aliphatic rings. The second-order valence-corrected chi connectivity index (χ2v) is 8.57. The third-order valence-electron chi connectivity index (χ3n) is 4.17. The third kappa shape index (κ3) is 4.26.